The third kappa shape index (κ3) is 10.1. The number of aromatic carboxylic acids is 1. The molecule has 0 aromatic heterocycles. The average Bonchev–Trinajstić information content (AvgIpc) is 3.07. The first kappa shape index (κ1) is 38.6. The van der Waals surface area contributed by atoms with Gasteiger partial charge < -0.3 is 9.84 Å². The number of ether oxygens (including phenoxy) is 1. The quantitative estimate of drug-likeness (QED) is 0.157. The molecule has 49 heavy (non-hydrogen) atoms. The van der Waals surface area contributed by atoms with E-state index in [1.165, 1.54) is 113 Å². The van der Waals surface area contributed by atoms with Crippen molar-refractivity contribution in [1.29, 1.82) is 0 Å². The van der Waals surface area contributed by atoms with Gasteiger partial charge in [-0.25, -0.2) is 35.2 Å². The zero-order chi connectivity index (χ0) is 36.5. The fourth-order valence-corrected chi connectivity index (χ4v) is 7.72. The summed E-state index contributed by atoms with van der Waals surface area (Å²) in [6, 6.07) is 21.0. The van der Waals surface area contributed by atoms with Crippen molar-refractivity contribution in [2.24, 2.45) is 11.8 Å². The van der Waals surface area contributed by atoms with Gasteiger partial charge in [-0.15, -0.1) is 0 Å². The number of carbonyl (C=O) groups is 2. The first-order chi connectivity index (χ1) is 23.0. The molecule has 10 nitrogen and oxygen atoms in total. The van der Waals surface area contributed by atoms with E-state index in [-0.39, 0.29) is 45.8 Å². The minimum absolute atomic E-state index is 0.00569. The van der Waals surface area contributed by atoms with Crippen LogP contribution in [-0.4, -0.2) is 54.1 Å². The molecule has 262 valence electrons. The molecule has 0 saturated carbocycles. The van der Waals surface area contributed by atoms with E-state index in [1.807, 2.05) is 27.7 Å². The molecule has 0 fully saturated rings. The largest absolute Gasteiger partial charge is 0.478 e. The molecule has 4 rings (SSSR count). The standard InChI is InChI=1S/C18H20FNO4S.C17H18FNO4S/c1-13(2)12-20(16-8-6-15(19)7-9-16)25(22,23)17-10-4-14(5-11-17)18(21)24-3;1-12(2)11-19(15-7-5-14(18)6-8-15)24(22,23)16-9-3-13(4-10-16)17(20)21/h4-11,13H,12H2,1-3H3;3-10,12H,11H2,1-2H3,(H,20,21). The van der Waals surface area contributed by atoms with Crippen LogP contribution >= 0.6 is 0 Å². The second kappa shape index (κ2) is 16.5. The highest BCUT2D eigenvalue weighted by atomic mass is 32.2. The Morgan fingerprint density at radius 3 is 1.22 bits per heavy atom. The first-order valence-electron chi connectivity index (χ1n) is 15.1. The van der Waals surface area contributed by atoms with E-state index in [4.69, 9.17) is 5.11 Å². The molecule has 0 saturated heterocycles. The number of esters is 1. The lowest BCUT2D eigenvalue weighted by atomic mass is 10.2. The molecule has 0 amide bonds. The second-order valence-electron chi connectivity index (χ2n) is 11.7. The van der Waals surface area contributed by atoms with Gasteiger partial charge in [0.1, 0.15) is 11.6 Å². The molecular formula is C35H38F2N2O8S2. The van der Waals surface area contributed by atoms with Crippen LogP contribution in [0.5, 0.6) is 0 Å². The Labute approximate surface area is 285 Å². The van der Waals surface area contributed by atoms with Gasteiger partial charge in [-0.3, -0.25) is 8.61 Å². The molecular weight excluding hydrogens is 679 g/mol. The SMILES string of the molecule is CC(C)CN(c1ccc(F)cc1)S(=O)(=O)c1ccc(C(=O)O)cc1.COC(=O)c1ccc(S(=O)(=O)N(CC(C)C)c2ccc(F)cc2)cc1. The molecule has 14 heteroatoms. The number of carboxylic acid groups (broad SMARTS) is 1. The van der Waals surface area contributed by atoms with E-state index >= 15 is 0 Å². The number of rotatable bonds is 12. The molecule has 0 spiro atoms. The number of carbonyl (C=O) groups excluding carboxylic acids is 1. The molecule has 0 radical (unpaired) electrons. The monoisotopic (exact) mass is 716 g/mol. The van der Waals surface area contributed by atoms with Crippen LogP contribution in [0.1, 0.15) is 48.4 Å². The van der Waals surface area contributed by atoms with Gasteiger partial charge in [0.15, 0.2) is 0 Å². The first-order valence-corrected chi connectivity index (χ1v) is 17.9. The predicted octanol–water partition coefficient (Wildman–Crippen LogP) is 6.84. The van der Waals surface area contributed by atoms with Crippen molar-refractivity contribution < 1.29 is 45.0 Å². The van der Waals surface area contributed by atoms with Crippen LogP contribution in [0.15, 0.2) is 107 Å². The number of anilines is 2. The van der Waals surface area contributed by atoms with Gasteiger partial charge >= 0.3 is 11.9 Å². The van der Waals surface area contributed by atoms with Gasteiger partial charge in [0.05, 0.1) is 39.4 Å². The lowest BCUT2D eigenvalue weighted by Crippen LogP contribution is -2.34. The van der Waals surface area contributed by atoms with Crippen molar-refractivity contribution in [3.8, 4) is 0 Å². The number of halogens is 2. The number of hydrogen-bond donors (Lipinski definition) is 1. The van der Waals surface area contributed by atoms with E-state index in [9.17, 15) is 35.2 Å². The smallest absolute Gasteiger partial charge is 0.337 e. The van der Waals surface area contributed by atoms with Crippen LogP contribution < -0.4 is 8.61 Å². The Kier molecular flexibility index (Phi) is 13.0. The molecule has 4 aromatic carbocycles. The van der Waals surface area contributed by atoms with E-state index in [2.05, 4.69) is 4.74 Å². The van der Waals surface area contributed by atoms with Crippen LogP contribution in [0.4, 0.5) is 20.2 Å². The lowest BCUT2D eigenvalue weighted by molar-refractivity contribution is 0.0599. The predicted molar refractivity (Wildman–Crippen MR) is 183 cm³/mol. The molecule has 0 heterocycles. The lowest BCUT2D eigenvalue weighted by Gasteiger charge is -2.26. The fraction of sp³-hybridized carbons (Fsp3) is 0.257. The number of hydrogen-bond acceptors (Lipinski definition) is 7. The summed E-state index contributed by atoms with van der Waals surface area (Å²) in [5.74, 6) is -2.45. The minimum atomic E-state index is -3.89. The Hall–Kier alpha value is -4.82. The summed E-state index contributed by atoms with van der Waals surface area (Å²) in [4.78, 5) is 22.4. The summed E-state index contributed by atoms with van der Waals surface area (Å²) in [6.45, 7) is 8.00. The number of carboxylic acids is 1. The van der Waals surface area contributed by atoms with E-state index in [0.29, 0.717) is 11.4 Å². The normalized spacial score (nSPS) is 11.4. The number of sulfonamides is 2. The van der Waals surface area contributed by atoms with Crippen molar-refractivity contribution in [1.82, 2.24) is 0 Å². The molecule has 0 atom stereocenters. The fourth-order valence-electron chi connectivity index (χ4n) is 4.47. The highest BCUT2D eigenvalue weighted by molar-refractivity contribution is 7.93. The van der Waals surface area contributed by atoms with Crippen molar-refractivity contribution in [2.75, 3.05) is 28.8 Å². The third-order valence-corrected chi connectivity index (χ3v) is 10.5. The maximum Gasteiger partial charge on any atom is 0.337 e. The number of methoxy groups -OCH3 is 1. The van der Waals surface area contributed by atoms with Gasteiger partial charge in [0.25, 0.3) is 20.0 Å². The van der Waals surface area contributed by atoms with Crippen molar-refractivity contribution >= 4 is 43.4 Å². The second-order valence-corrected chi connectivity index (χ2v) is 15.4. The summed E-state index contributed by atoms with van der Waals surface area (Å²) < 4.78 is 85.2. The molecule has 1 N–H and O–H groups in total. The van der Waals surface area contributed by atoms with Crippen LogP contribution in [0.3, 0.4) is 0 Å². The van der Waals surface area contributed by atoms with Crippen molar-refractivity contribution in [3.05, 3.63) is 120 Å². The Balaban J connectivity index is 0.000000266. The van der Waals surface area contributed by atoms with Crippen LogP contribution in [0.2, 0.25) is 0 Å². The zero-order valence-electron chi connectivity index (χ0n) is 27.6. The summed E-state index contributed by atoms with van der Waals surface area (Å²) in [5.41, 5.74) is 1.00. The third-order valence-electron chi connectivity index (χ3n) is 6.84. The summed E-state index contributed by atoms with van der Waals surface area (Å²) in [6.07, 6.45) is 0. The molecule has 0 aliphatic heterocycles. The van der Waals surface area contributed by atoms with Gasteiger partial charge in [0, 0.05) is 13.1 Å². The topological polar surface area (TPSA) is 138 Å². The highest BCUT2D eigenvalue weighted by Gasteiger charge is 2.27. The number of nitrogens with zero attached hydrogens (tertiary/aromatic N) is 2. The van der Waals surface area contributed by atoms with E-state index < -0.39 is 43.6 Å². The van der Waals surface area contributed by atoms with Crippen molar-refractivity contribution in [2.45, 2.75) is 37.5 Å². The van der Waals surface area contributed by atoms with Crippen molar-refractivity contribution in [3.63, 3.8) is 0 Å². The number of benzene rings is 4. The average molecular weight is 717 g/mol. The van der Waals surface area contributed by atoms with E-state index in [0.717, 1.165) is 0 Å². The Bertz CT molecular complexity index is 1930. The van der Waals surface area contributed by atoms with Gasteiger partial charge in [-0.2, -0.15) is 0 Å². The van der Waals surface area contributed by atoms with Gasteiger partial charge in [0.2, 0.25) is 0 Å². The van der Waals surface area contributed by atoms with E-state index in [1.54, 1.807) is 0 Å². The zero-order valence-corrected chi connectivity index (χ0v) is 29.2. The molecule has 0 aliphatic rings. The molecule has 0 aliphatic carbocycles. The Morgan fingerprint density at radius 1 is 0.612 bits per heavy atom. The maximum atomic E-state index is 13.2. The van der Waals surface area contributed by atoms with Crippen LogP contribution in [0.25, 0.3) is 0 Å². The summed E-state index contributed by atoms with van der Waals surface area (Å²) in [7, 11) is -6.48. The van der Waals surface area contributed by atoms with Crippen LogP contribution in [0, 0.1) is 23.5 Å². The maximum absolute atomic E-state index is 13.2. The summed E-state index contributed by atoms with van der Waals surface area (Å²) >= 11 is 0. The van der Waals surface area contributed by atoms with Crippen LogP contribution in [-0.2, 0) is 24.8 Å². The highest BCUT2D eigenvalue weighted by Crippen LogP contribution is 2.27. The molecule has 0 unspecified atom stereocenters. The van der Waals surface area contributed by atoms with Gasteiger partial charge in [-0.1, -0.05) is 27.7 Å². The molecule has 0 bridgehead atoms. The summed E-state index contributed by atoms with van der Waals surface area (Å²) in [5, 5.41) is 8.92. The Morgan fingerprint density at radius 2 is 0.939 bits per heavy atom. The van der Waals surface area contributed by atoms with Gasteiger partial charge in [-0.05, 0) is 109 Å². The minimum Gasteiger partial charge on any atom is -0.478 e. The molecule has 4 aromatic rings.